The number of sulfonamides is 1. The van der Waals surface area contributed by atoms with Crippen LogP contribution in [0.15, 0.2) is 24.4 Å². The summed E-state index contributed by atoms with van der Waals surface area (Å²) in [6.45, 7) is 1.46. The minimum Gasteiger partial charge on any atom is -0.488 e. The minimum atomic E-state index is -3.16. The van der Waals surface area contributed by atoms with Crippen LogP contribution in [-0.2, 0) is 14.8 Å². The number of aromatic nitrogens is 2. The average molecular weight is 421 g/mol. The molecule has 0 atom stereocenters. The maximum atomic E-state index is 11.4. The number of hydrogen-bond donors (Lipinski definition) is 2. The highest BCUT2D eigenvalue weighted by molar-refractivity contribution is 7.88. The fraction of sp³-hybridized carbons (Fsp3) is 0.600. The molecule has 1 aromatic heterocycles. The fourth-order valence-electron chi connectivity index (χ4n) is 4.01. The van der Waals surface area contributed by atoms with Crippen LogP contribution in [0.3, 0.4) is 0 Å². The Hall–Kier alpha value is -1.97. The summed E-state index contributed by atoms with van der Waals surface area (Å²) in [5.41, 5.74) is 0.809. The number of ether oxygens (including phenoxy) is 2. The predicted molar refractivity (Wildman–Crippen MR) is 112 cm³/mol. The second-order valence-electron chi connectivity index (χ2n) is 7.90. The molecule has 0 amide bonds. The van der Waals surface area contributed by atoms with Gasteiger partial charge in [-0.3, -0.25) is 0 Å². The molecule has 0 unspecified atom stereocenters. The van der Waals surface area contributed by atoms with Crippen molar-refractivity contribution < 1.29 is 17.9 Å². The molecular weight excluding hydrogens is 392 g/mol. The van der Waals surface area contributed by atoms with E-state index in [0.29, 0.717) is 5.95 Å². The molecular formula is C20H28N4O4S. The van der Waals surface area contributed by atoms with Gasteiger partial charge in [0.2, 0.25) is 16.0 Å². The van der Waals surface area contributed by atoms with Crippen molar-refractivity contribution in [1.82, 2.24) is 14.7 Å². The molecule has 158 valence electrons. The van der Waals surface area contributed by atoms with Gasteiger partial charge in [0, 0.05) is 36.5 Å². The summed E-state index contributed by atoms with van der Waals surface area (Å²) < 4.78 is 37.1. The van der Waals surface area contributed by atoms with Crippen molar-refractivity contribution in [1.29, 1.82) is 0 Å². The summed E-state index contributed by atoms with van der Waals surface area (Å²) in [5, 5.41) is 4.36. The Morgan fingerprint density at radius 1 is 1.07 bits per heavy atom. The third-order valence-electron chi connectivity index (χ3n) is 5.48. The molecule has 1 aliphatic heterocycles. The smallest absolute Gasteiger partial charge is 0.223 e. The zero-order chi connectivity index (χ0) is 20.3. The van der Waals surface area contributed by atoms with E-state index in [9.17, 15) is 8.42 Å². The van der Waals surface area contributed by atoms with Gasteiger partial charge in [0.15, 0.2) is 0 Å². The van der Waals surface area contributed by atoms with E-state index < -0.39 is 10.0 Å². The van der Waals surface area contributed by atoms with Gasteiger partial charge >= 0.3 is 0 Å². The number of hydrogen-bond acceptors (Lipinski definition) is 7. The Kier molecular flexibility index (Phi) is 6.17. The van der Waals surface area contributed by atoms with Crippen LogP contribution < -0.4 is 14.8 Å². The number of fused-ring (bicyclic) bond motifs is 1. The van der Waals surface area contributed by atoms with Crippen molar-refractivity contribution in [2.45, 2.75) is 56.7 Å². The molecule has 2 heterocycles. The summed E-state index contributed by atoms with van der Waals surface area (Å²) in [4.78, 5) is 9.18. The van der Waals surface area contributed by atoms with Crippen molar-refractivity contribution in [2.24, 2.45) is 0 Å². The Morgan fingerprint density at radius 2 is 1.79 bits per heavy atom. The first-order valence-corrected chi connectivity index (χ1v) is 12.1. The second kappa shape index (κ2) is 8.81. The zero-order valence-electron chi connectivity index (χ0n) is 16.6. The Labute approximate surface area is 171 Å². The van der Waals surface area contributed by atoms with Gasteiger partial charge in [-0.15, -0.1) is 0 Å². The summed E-state index contributed by atoms with van der Waals surface area (Å²) in [6.07, 6.45) is 8.29. The Morgan fingerprint density at radius 3 is 2.52 bits per heavy atom. The molecule has 9 heteroatoms. The highest BCUT2D eigenvalue weighted by Gasteiger charge is 2.24. The molecule has 2 N–H and O–H groups in total. The first kappa shape index (κ1) is 20.3. The van der Waals surface area contributed by atoms with E-state index in [0.717, 1.165) is 68.4 Å². The number of rotatable bonds is 6. The topological polar surface area (TPSA) is 102 Å². The number of para-hydroxylation sites is 1. The first-order chi connectivity index (χ1) is 14.0. The summed E-state index contributed by atoms with van der Waals surface area (Å²) in [6, 6.07) is 6.15. The van der Waals surface area contributed by atoms with Crippen molar-refractivity contribution in [3.05, 3.63) is 24.4 Å². The maximum Gasteiger partial charge on any atom is 0.223 e. The van der Waals surface area contributed by atoms with Crippen molar-refractivity contribution >= 4 is 26.9 Å². The van der Waals surface area contributed by atoms with Gasteiger partial charge in [0.25, 0.3) is 0 Å². The van der Waals surface area contributed by atoms with Gasteiger partial charge in [0.05, 0.1) is 19.5 Å². The Bertz CT molecular complexity index is 939. The van der Waals surface area contributed by atoms with Crippen LogP contribution in [-0.4, -0.2) is 56.0 Å². The van der Waals surface area contributed by atoms with E-state index in [4.69, 9.17) is 14.5 Å². The monoisotopic (exact) mass is 420 g/mol. The van der Waals surface area contributed by atoms with E-state index in [1.807, 2.05) is 24.4 Å². The number of anilines is 1. The molecule has 1 saturated carbocycles. The van der Waals surface area contributed by atoms with E-state index in [1.165, 1.54) is 6.26 Å². The van der Waals surface area contributed by atoms with Crippen LogP contribution in [0.25, 0.3) is 10.9 Å². The van der Waals surface area contributed by atoms with Crippen molar-refractivity contribution in [3.8, 4) is 5.75 Å². The molecule has 2 fully saturated rings. The van der Waals surface area contributed by atoms with Gasteiger partial charge in [-0.2, -0.15) is 0 Å². The third kappa shape index (κ3) is 5.55. The lowest BCUT2D eigenvalue weighted by Gasteiger charge is -2.29. The highest BCUT2D eigenvalue weighted by atomic mass is 32.2. The zero-order valence-corrected chi connectivity index (χ0v) is 17.5. The normalized spacial score (nSPS) is 23.8. The summed E-state index contributed by atoms with van der Waals surface area (Å²) in [7, 11) is -3.16. The summed E-state index contributed by atoms with van der Waals surface area (Å²) in [5.74, 6) is 1.36. The maximum absolute atomic E-state index is 11.4. The van der Waals surface area contributed by atoms with Crippen molar-refractivity contribution in [2.75, 3.05) is 24.8 Å². The number of nitrogens with one attached hydrogen (secondary N) is 2. The van der Waals surface area contributed by atoms with Gasteiger partial charge in [0.1, 0.15) is 17.4 Å². The van der Waals surface area contributed by atoms with E-state index in [-0.39, 0.29) is 18.2 Å². The van der Waals surface area contributed by atoms with Gasteiger partial charge < -0.3 is 14.8 Å². The minimum absolute atomic E-state index is 0.0139. The largest absolute Gasteiger partial charge is 0.488 e. The lowest BCUT2D eigenvalue weighted by Crippen LogP contribution is -2.39. The molecule has 2 aromatic rings. The fourth-order valence-corrected chi connectivity index (χ4v) is 4.85. The van der Waals surface area contributed by atoms with Crippen LogP contribution in [0, 0.1) is 0 Å². The number of benzene rings is 1. The third-order valence-corrected chi connectivity index (χ3v) is 6.24. The van der Waals surface area contributed by atoms with E-state index >= 15 is 0 Å². The molecule has 0 bridgehead atoms. The molecule has 1 aliphatic carbocycles. The van der Waals surface area contributed by atoms with Crippen LogP contribution in [0.4, 0.5) is 5.95 Å². The van der Waals surface area contributed by atoms with Gasteiger partial charge in [-0.05, 0) is 31.7 Å². The average Bonchev–Trinajstić information content (AvgIpc) is 2.70. The molecule has 8 nitrogen and oxygen atoms in total. The predicted octanol–water partition coefficient (Wildman–Crippen LogP) is 2.46. The molecule has 2 aliphatic rings. The molecule has 4 rings (SSSR count). The summed E-state index contributed by atoms with van der Waals surface area (Å²) >= 11 is 0. The SMILES string of the molecule is CS(=O)(=O)N[C@H]1CC[C@H](Nc2ncc3cccc(OC4CCOCC4)c3n2)CC1. The second-order valence-corrected chi connectivity index (χ2v) is 9.68. The van der Waals surface area contributed by atoms with Gasteiger partial charge in [-0.1, -0.05) is 12.1 Å². The van der Waals surface area contributed by atoms with Crippen LogP contribution in [0.2, 0.25) is 0 Å². The van der Waals surface area contributed by atoms with Crippen LogP contribution >= 0.6 is 0 Å². The highest BCUT2D eigenvalue weighted by Crippen LogP contribution is 2.28. The quantitative estimate of drug-likeness (QED) is 0.740. The molecule has 1 saturated heterocycles. The molecule has 29 heavy (non-hydrogen) atoms. The van der Waals surface area contributed by atoms with E-state index in [2.05, 4.69) is 15.0 Å². The Balaban J connectivity index is 1.42. The molecule has 0 radical (unpaired) electrons. The van der Waals surface area contributed by atoms with Crippen LogP contribution in [0.1, 0.15) is 38.5 Å². The first-order valence-electron chi connectivity index (χ1n) is 10.2. The van der Waals surface area contributed by atoms with Crippen LogP contribution in [0.5, 0.6) is 5.75 Å². The standard InChI is InChI=1S/C20H28N4O4S/c1-29(25,26)24-16-7-5-15(6-8-16)22-20-21-13-14-3-2-4-18(19(14)23-20)28-17-9-11-27-12-10-17/h2-4,13,15-17,24H,5-12H2,1H3,(H,21,22,23)/t15-,16-. The molecule has 1 aromatic carbocycles. The number of nitrogens with zero attached hydrogens (tertiary/aromatic N) is 2. The van der Waals surface area contributed by atoms with Gasteiger partial charge in [-0.25, -0.2) is 23.1 Å². The van der Waals surface area contributed by atoms with Crippen molar-refractivity contribution in [3.63, 3.8) is 0 Å². The molecule has 0 spiro atoms. The lowest BCUT2D eigenvalue weighted by atomic mass is 9.92. The van der Waals surface area contributed by atoms with E-state index in [1.54, 1.807) is 0 Å². The lowest BCUT2D eigenvalue weighted by molar-refractivity contribution is 0.0261.